The second-order valence-electron chi connectivity index (χ2n) is 13.8. The summed E-state index contributed by atoms with van der Waals surface area (Å²) >= 11 is 0. The molecule has 74 heavy (non-hydrogen) atoms. The molecule has 0 spiro atoms. The quantitative estimate of drug-likeness (QED) is 0.139. The van der Waals surface area contributed by atoms with Gasteiger partial charge in [0.05, 0.1) is 12.7 Å². The van der Waals surface area contributed by atoms with Gasteiger partial charge in [-0.2, -0.15) is 97.5 Å². The van der Waals surface area contributed by atoms with E-state index in [1.54, 1.807) is 0 Å². The standard InChI is InChI=1S/C34H20F21NO18/c35-28(36,37)21(57)65-8-12-14(70-23(59)30(41,42)43)15(71-24(60)31(44,45)46)17(73-26(62)33(50,51)52)19(67-12)64-7-11-13(69-22(58)29(38,39)40)16(72-25(61)32(47,48)49)18(74-27(63)34(53,54)55)20(68-11)66-10(6-56)9-4-2-1-3-5-9/h1-5,10-20H,7-8H2/t10-,11-,12-,13-,14-,15+,16+,17-,18-,19-,20-/m1/s1. The predicted octanol–water partition coefficient (Wildman–Crippen LogP) is 4.68. The molecule has 0 radical (unpaired) electrons. The summed E-state index contributed by atoms with van der Waals surface area (Å²) in [5, 5.41) is 9.79. The first-order valence-corrected chi connectivity index (χ1v) is 18.4. The van der Waals surface area contributed by atoms with Crippen LogP contribution in [0.3, 0.4) is 0 Å². The van der Waals surface area contributed by atoms with E-state index in [-0.39, 0.29) is 0 Å². The van der Waals surface area contributed by atoms with E-state index in [1.807, 2.05) is 0 Å². The molecule has 0 N–H and O–H groups in total. The molecule has 11 atom stereocenters. The summed E-state index contributed by atoms with van der Waals surface area (Å²) in [4.78, 5) is 84.0. The minimum atomic E-state index is -6.51. The van der Waals surface area contributed by atoms with Gasteiger partial charge in [-0.15, -0.1) is 0 Å². The number of rotatable bonds is 14. The number of hydrogen-bond acceptors (Lipinski definition) is 19. The molecule has 0 aliphatic carbocycles. The van der Waals surface area contributed by atoms with Crippen LogP contribution in [0.15, 0.2) is 30.3 Å². The molecule has 0 unspecified atom stereocenters. The lowest BCUT2D eigenvalue weighted by atomic mass is 9.97. The molecule has 416 valence electrons. The minimum absolute atomic E-state index is 0.482. The van der Waals surface area contributed by atoms with E-state index in [0.29, 0.717) is 0 Å². The molecular formula is C34H20F21NO18. The first kappa shape index (κ1) is 61.7. The largest absolute Gasteiger partial charge is 0.490 e. The summed E-state index contributed by atoms with van der Waals surface area (Å²) in [5.41, 5.74) is -0.482. The SMILES string of the molecule is N#C[C@@H](O[C@@H]1O[C@H](CO[C@@H]2O[C@H](COC(=O)C(F)(F)F)[C@@H](OC(=O)C(F)(F)F)[C@H](OC(=O)C(F)(F)F)[C@H]2OC(=O)C(F)(F)F)[C@@H](OC(=O)C(F)(F)F)[C@H](OC(=O)C(F)(F)F)[C@H]1OC(=O)C(F)(F)F)c1ccccc1. The van der Waals surface area contributed by atoms with E-state index in [0.717, 1.165) is 24.3 Å². The Hall–Kier alpha value is -6.63. The average molecular weight is 1130 g/mol. The lowest BCUT2D eigenvalue weighted by Gasteiger charge is -2.46. The smallest absolute Gasteiger partial charge is 0.456 e. The number of halogens is 21. The van der Waals surface area contributed by atoms with E-state index in [9.17, 15) is 131 Å². The van der Waals surface area contributed by atoms with Gasteiger partial charge in [0.15, 0.2) is 49.0 Å². The molecule has 2 heterocycles. The third-order valence-electron chi connectivity index (χ3n) is 8.55. The Morgan fingerprint density at radius 3 is 1.07 bits per heavy atom. The molecule has 2 aliphatic heterocycles. The normalized spacial score (nSPS) is 25.5. The number of benzene rings is 1. The molecule has 1 aromatic carbocycles. The van der Waals surface area contributed by atoms with Gasteiger partial charge in [-0.05, 0) is 5.56 Å². The number of esters is 7. The highest BCUT2D eigenvalue weighted by atomic mass is 19.4. The zero-order valence-corrected chi connectivity index (χ0v) is 34.4. The number of alkyl halides is 21. The highest BCUT2D eigenvalue weighted by Gasteiger charge is 2.62. The van der Waals surface area contributed by atoms with Crippen LogP contribution < -0.4 is 0 Å². The van der Waals surface area contributed by atoms with Gasteiger partial charge in [0.1, 0.15) is 18.8 Å². The molecule has 2 saturated heterocycles. The second kappa shape index (κ2) is 22.9. The fraction of sp³-hybridized carbons (Fsp3) is 0.588. The van der Waals surface area contributed by atoms with Crippen molar-refractivity contribution < 1.29 is 178 Å². The maximum absolute atomic E-state index is 13.7. The number of nitrogens with zero attached hydrogens (tertiary/aromatic N) is 1. The van der Waals surface area contributed by atoms with Crippen LogP contribution in [-0.2, 0) is 85.7 Å². The maximum Gasteiger partial charge on any atom is 0.490 e. The molecular weight excluding hydrogens is 1110 g/mol. The predicted molar refractivity (Wildman–Crippen MR) is 172 cm³/mol. The van der Waals surface area contributed by atoms with Crippen molar-refractivity contribution in [2.75, 3.05) is 13.2 Å². The van der Waals surface area contributed by atoms with Crippen LogP contribution in [-0.4, -0.2) is 160 Å². The number of carbonyl (C=O) groups excluding carboxylic acids is 7. The second-order valence-corrected chi connectivity index (χ2v) is 13.8. The summed E-state index contributed by atoms with van der Waals surface area (Å²) in [6.07, 6.45) is -84.8. The molecule has 2 aliphatic rings. The molecule has 0 aromatic heterocycles. The third kappa shape index (κ3) is 16.7. The zero-order valence-electron chi connectivity index (χ0n) is 34.4. The Kier molecular flexibility index (Phi) is 19.1. The zero-order chi connectivity index (χ0) is 56.9. The molecule has 0 amide bonds. The van der Waals surface area contributed by atoms with Gasteiger partial charge in [0.2, 0.25) is 6.29 Å². The van der Waals surface area contributed by atoms with Crippen molar-refractivity contribution in [3.63, 3.8) is 0 Å². The van der Waals surface area contributed by atoms with Crippen molar-refractivity contribution >= 4 is 41.8 Å². The average Bonchev–Trinajstić information content (AvgIpc) is 3.24. The third-order valence-corrected chi connectivity index (χ3v) is 8.55. The van der Waals surface area contributed by atoms with Crippen LogP contribution in [0.5, 0.6) is 0 Å². The van der Waals surface area contributed by atoms with Crippen LogP contribution in [0.2, 0.25) is 0 Å². The van der Waals surface area contributed by atoms with Crippen LogP contribution in [0.4, 0.5) is 92.2 Å². The Morgan fingerprint density at radius 1 is 0.432 bits per heavy atom. The van der Waals surface area contributed by atoms with E-state index in [1.165, 1.54) is 12.1 Å². The minimum Gasteiger partial charge on any atom is -0.456 e. The molecule has 0 saturated carbocycles. The molecule has 1 aromatic rings. The van der Waals surface area contributed by atoms with Crippen molar-refractivity contribution in [1.82, 2.24) is 0 Å². The van der Waals surface area contributed by atoms with Gasteiger partial charge in [0.25, 0.3) is 0 Å². The number of ether oxygens (including phenoxy) is 11. The number of hydrogen-bond donors (Lipinski definition) is 0. The van der Waals surface area contributed by atoms with Crippen molar-refractivity contribution in [2.45, 2.75) is 111 Å². The van der Waals surface area contributed by atoms with Gasteiger partial charge in [-0.3, -0.25) is 0 Å². The first-order valence-electron chi connectivity index (χ1n) is 18.4. The van der Waals surface area contributed by atoms with Crippen molar-refractivity contribution in [3.05, 3.63) is 35.9 Å². The van der Waals surface area contributed by atoms with E-state index < -0.39 is 171 Å². The highest BCUT2D eigenvalue weighted by molar-refractivity contribution is 5.79. The molecule has 19 nitrogen and oxygen atoms in total. The fourth-order valence-electron chi connectivity index (χ4n) is 5.59. The first-order chi connectivity index (χ1) is 33.5. The summed E-state index contributed by atoms with van der Waals surface area (Å²) in [6.45, 7) is -4.96. The Balaban J connectivity index is 2.42. The summed E-state index contributed by atoms with van der Waals surface area (Å²) in [5.74, 6) is -25.9. The van der Waals surface area contributed by atoms with Crippen molar-refractivity contribution in [3.8, 4) is 6.07 Å². The Bertz CT molecular complexity index is 2240. The van der Waals surface area contributed by atoms with Gasteiger partial charge >= 0.3 is 85.0 Å². The van der Waals surface area contributed by atoms with E-state index in [2.05, 4.69) is 33.2 Å². The molecule has 3 rings (SSSR count). The van der Waals surface area contributed by atoms with E-state index in [4.69, 9.17) is 18.9 Å². The van der Waals surface area contributed by atoms with Crippen LogP contribution in [0.25, 0.3) is 0 Å². The summed E-state index contributed by atoms with van der Waals surface area (Å²) in [7, 11) is 0. The lowest BCUT2D eigenvalue weighted by molar-refractivity contribution is -0.346. The fourth-order valence-corrected chi connectivity index (χ4v) is 5.59. The summed E-state index contributed by atoms with van der Waals surface area (Å²) < 4.78 is 330. The molecule has 40 heteroatoms. The van der Waals surface area contributed by atoms with Gasteiger partial charge < -0.3 is 52.1 Å². The van der Waals surface area contributed by atoms with Crippen LogP contribution >= 0.6 is 0 Å². The lowest BCUT2D eigenvalue weighted by Crippen LogP contribution is -2.66. The maximum atomic E-state index is 13.7. The number of carbonyl (C=O) groups is 7. The van der Waals surface area contributed by atoms with Gasteiger partial charge in [-0.25, -0.2) is 33.6 Å². The summed E-state index contributed by atoms with van der Waals surface area (Å²) in [6, 6.07) is 6.33. The van der Waals surface area contributed by atoms with Crippen molar-refractivity contribution in [2.24, 2.45) is 0 Å². The highest BCUT2D eigenvalue weighted by Crippen LogP contribution is 2.39. The molecule has 0 bridgehead atoms. The topological polar surface area (TPSA) is 245 Å². The van der Waals surface area contributed by atoms with Crippen molar-refractivity contribution in [1.29, 1.82) is 5.26 Å². The number of nitriles is 1. The van der Waals surface area contributed by atoms with E-state index >= 15 is 0 Å². The monoisotopic (exact) mass is 1130 g/mol. The van der Waals surface area contributed by atoms with Gasteiger partial charge in [0, 0.05) is 0 Å². The van der Waals surface area contributed by atoms with Crippen LogP contribution in [0, 0.1) is 11.3 Å². The Morgan fingerprint density at radius 2 is 0.730 bits per heavy atom. The van der Waals surface area contributed by atoms with Gasteiger partial charge in [-0.1, -0.05) is 30.3 Å². The molecule has 2 fully saturated rings. The Labute approximate surface area is 391 Å². The van der Waals surface area contributed by atoms with Crippen LogP contribution in [0.1, 0.15) is 11.7 Å².